The van der Waals surface area contributed by atoms with E-state index in [-0.39, 0.29) is 11.6 Å². The van der Waals surface area contributed by atoms with Crippen LogP contribution in [0.5, 0.6) is 0 Å². The van der Waals surface area contributed by atoms with Gasteiger partial charge < -0.3 is 14.4 Å². The molecular formula is C12H12N4O3. The Balaban J connectivity index is 2.00. The molecule has 0 aliphatic carbocycles. The van der Waals surface area contributed by atoms with Crippen molar-refractivity contribution in [3.05, 3.63) is 30.5 Å². The van der Waals surface area contributed by atoms with E-state index in [4.69, 9.17) is 5.11 Å². The number of hydrogen-bond acceptors (Lipinski definition) is 4. The first-order valence-corrected chi connectivity index (χ1v) is 6.00. The number of rotatable bonds is 2. The van der Waals surface area contributed by atoms with E-state index in [1.165, 1.54) is 11.1 Å². The molecule has 0 aromatic carbocycles. The first-order valence-electron chi connectivity index (χ1n) is 6.00. The van der Waals surface area contributed by atoms with Gasteiger partial charge in [-0.1, -0.05) is 0 Å². The fourth-order valence-electron chi connectivity index (χ4n) is 2.41. The Morgan fingerprint density at radius 2 is 2.00 bits per heavy atom. The Hall–Kier alpha value is -2.44. The quantitative estimate of drug-likeness (QED) is 0.845. The molecule has 0 radical (unpaired) electrons. The predicted molar refractivity (Wildman–Crippen MR) is 64.7 cm³/mol. The Kier molecular flexibility index (Phi) is 2.66. The smallest absolute Gasteiger partial charge is 0.326 e. The van der Waals surface area contributed by atoms with Gasteiger partial charge in [0, 0.05) is 31.3 Å². The van der Waals surface area contributed by atoms with Gasteiger partial charge in [-0.15, -0.1) is 0 Å². The standard InChI is InChI=1S/C12H12N4O3/c17-11(16-5-1-2-8(16)12(18)19)9-10-14-4-7-15(10)6-3-13-9/h3-4,6-8H,1-2,5H2,(H,18,19). The minimum atomic E-state index is -0.971. The van der Waals surface area contributed by atoms with Crippen LogP contribution < -0.4 is 0 Å². The van der Waals surface area contributed by atoms with Crippen LogP contribution in [-0.2, 0) is 4.79 Å². The first-order chi connectivity index (χ1) is 9.18. The lowest BCUT2D eigenvalue weighted by molar-refractivity contribution is -0.141. The van der Waals surface area contributed by atoms with Crippen molar-refractivity contribution in [2.24, 2.45) is 0 Å². The van der Waals surface area contributed by atoms with Crippen molar-refractivity contribution in [2.45, 2.75) is 18.9 Å². The number of carboxylic acids is 1. The van der Waals surface area contributed by atoms with Gasteiger partial charge >= 0.3 is 5.97 Å². The molecule has 1 atom stereocenters. The topological polar surface area (TPSA) is 87.8 Å². The van der Waals surface area contributed by atoms with Gasteiger partial charge in [-0.3, -0.25) is 4.79 Å². The Bertz CT molecular complexity index is 651. The summed E-state index contributed by atoms with van der Waals surface area (Å²) in [6.07, 6.45) is 7.67. The molecular weight excluding hydrogens is 248 g/mol. The highest BCUT2D eigenvalue weighted by Gasteiger charge is 2.35. The van der Waals surface area contributed by atoms with Crippen molar-refractivity contribution in [2.75, 3.05) is 6.54 Å². The molecule has 0 spiro atoms. The fourth-order valence-corrected chi connectivity index (χ4v) is 2.41. The minimum absolute atomic E-state index is 0.195. The number of aromatic nitrogens is 3. The second kappa shape index (κ2) is 4.34. The molecule has 1 fully saturated rings. The van der Waals surface area contributed by atoms with Crippen LogP contribution in [0.25, 0.3) is 5.65 Å². The minimum Gasteiger partial charge on any atom is -0.480 e. The van der Waals surface area contributed by atoms with Crippen molar-refractivity contribution in [1.29, 1.82) is 0 Å². The monoisotopic (exact) mass is 260 g/mol. The molecule has 1 N–H and O–H groups in total. The highest BCUT2D eigenvalue weighted by molar-refractivity contribution is 5.99. The summed E-state index contributed by atoms with van der Waals surface area (Å²) in [4.78, 5) is 33.0. The number of fused-ring (bicyclic) bond motifs is 1. The average Bonchev–Trinajstić information content (AvgIpc) is 3.05. The zero-order valence-electron chi connectivity index (χ0n) is 10.1. The van der Waals surface area contributed by atoms with Gasteiger partial charge in [-0.25, -0.2) is 14.8 Å². The number of carbonyl (C=O) groups excluding carboxylic acids is 1. The molecule has 1 amide bonds. The first kappa shape index (κ1) is 11.6. The lowest BCUT2D eigenvalue weighted by Crippen LogP contribution is -2.40. The largest absolute Gasteiger partial charge is 0.480 e. The fraction of sp³-hybridized carbons (Fsp3) is 0.333. The van der Waals surface area contributed by atoms with E-state index in [2.05, 4.69) is 9.97 Å². The molecule has 3 rings (SSSR count). The van der Waals surface area contributed by atoms with Gasteiger partial charge in [-0.05, 0) is 12.8 Å². The van der Waals surface area contributed by atoms with Crippen molar-refractivity contribution in [1.82, 2.24) is 19.3 Å². The maximum absolute atomic E-state index is 12.4. The number of carboxylic acid groups (broad SMARTS) is 1. The molecule has 0 bridgehead atoms. The number of likely N-dealkylation sites (tertiary alicyclic amines) is 1. The molecule has 7 nitrogen and oxygen atoms in total. The van der Waals surface area contributed by atoms with Gasteiger partial charge in [0.05, 0.1) is 0 Å². The number of aliphatic carboxylic acids is 1. The summed E-state index contributed by atoms with van der Waals surface area (Å²) in [5, 5.41) is 9.12. The Labute approximate surface area is 108 Å². The number of carbonyl (C=O) groups is 2. The number of hydrogen-bond donors (Lipinski definition) is 1. The number of amides is 1. The van der Waals surface area contributed by atoms with Crippen molar-refractivity contribution in [3.8, 4) is 0 Å². The SMILES string of the molecule is O=C(O)C1CCCN1C(=O)c1nccn2ccnc12. The molecule has 2 aromatic rings. The van der Waals surface area contributed by atoms with Crippen LogP contribution in [0.4, 0.5) is 0 Å². The maximum atomic E-state index is 12.4. The van der Waals surface area contributed by atoms with Gasteiger partial charge in [0.15, 0.2) is 11.3 Å². The molecule has 1 unspecified atom stereocenters. The van der Waals surface area contributed by atoms with Crippen molar-refractivity contribution < 1.29 is 14.7 Å². The zero-order chi connectivity index (χ0) is 13.4. The van der Waals surface area contributed by atoms with Gasteiger partial charge in [0.2, 0.25) is 0 Å². The van der Waals surface area contributed by atoms with Gasteiger partial charge in [0.1, 0.15) is 6.04 Å². The molecule has 2 aromatic heterocycles. The van der Waals surface area contributed by atoms with E-state index >= 15 is 0 Å². The van der Waals surface area contributed by atoms with E-state index in [0.717, 1.165) is 0 Å². The van der Waals surface area contributed by atoms with E-state index in [9.17, 15) is 9.59 Å². The maximum Gasteiger partial charge on any atom is 0.326 e. The molecule has 1 saturated heterocycles. The normalized spacial score (nSPS) is 18.9. The van der Waals surface area contributed by atoms with E-state index in [0.29, 0.717) is 25.0 Å². The molecule has 98 valence electrons. The summed E-state index contributed by atoms with van der Waals surface area (Å²) < 4.78 is 1.69. The third-order valence-corrected chi connectivity index (χ3v) is 3.31. The number of nitrogens with zero attached hydrogens (tertiary/aromatic N) is 4. The van der Waals surface area contributed by atoms with Gasteiger partial charge in [0.25, 0.3) is 5.91 Å². The van der Waals surface area contributed by atoms with E-state index in [1.54, 1.807) is 23.0 Å². The lowest BCUT2D eigenvalue weighted by atomic mass is 10.2. The van der Waals surface area contributed by atoms with Crippen LogP contribution in [0.1, 0.15) is 23.3 Å². The van der Waals surface area contributed by atoms with Crippen LogP contribution in [0.3, 0.4) is 0 Å². The average molecular weight is 260 g/mol. The highest BCUT2D eigenvalue weighted by Crippen LogP contribution is 2.20. The number of imidazole rings is 1. The van der Waals surface area contributed by atoms with Crippen molar-refractivity contribution in [3.63, 3.8) is 0 Å². The molecule has 1 aliphatic rings. The zero-order valence-corrected chi connectivity index (χ0v) is 10.1. The van der Waals surface area contributed by atoms with E-state index < -0.39 is 12.0 Å². The summed E-state index contributed by atoms with van der Waals surface area (Å²) >= 11 is 0. The summed E-state index contributed by atoms with van der Waals surface area (Å²) in [6, 6.07) is -0.760. The predicted octanol–water partition coefficient (Wildman–Crippen LogP) is 0.418. The third kappa shape index (κ3) is 1.83. The second-order valence-corrected chi connectivity index (χ2v) is 4.43. The summed E-state index contributed by atoms with van der Waals surface area (Å²) in [6.45, 7) is 0.444. The van der Waals surface area contributed by atoms with Crippen LogP contribution in [0.15, 0.2) is 24.8 Å². The Morgan fingerprint density at radius 3 is 2.74 bits per heavy atom. The molecule has 0 saturated carbocycles. The summed E-state index contributed by atoms with van der Waals surface area (Å²) in [5.74, 6) is -1.34. The molecule has 19 heavy (non-hydrogen) atoms. The molecule has 1 aliphatic heterocycles. The lowest BCUT2D eigenvalue weighted by Gasteiger charge is -2.20. The second-order valence-electron chi connectivity index (χ2n) is 4.43. The Morgan fingerprint density at radius 1 is 1.26 bits per heavy atom. The highest BCUT2D eigenvalue weighted by atomic mass is 16.4. The summed E-state index contributed by atoms with van der Waals surface area (Å²) in [7, 11) is 0. The van der Waals surface area contributed by atoms with Crippen LogP contribution >= 0.6 is 0 Å². The summed E-state index contributed by atoms with van der Waals surface area (Å²) in [5.41, 5.74) is 0.643. The molecule has 3 heterocycles. The van der Waals surface area contributed by atoms with E-state index in [1.807, 2.05) is 0 Å². The van der Waals surface area contributed by atoms with Gasteiger partial charge in [-0.2, -0.15) is 0 Å². The van der Waals surface area contributed by atoms with Crippen LogP contribution in [0.2, 0.25) is 0 Å². The third-order valence-electron chi connectivity index (χ3n) is 3.31. The van der Waals surface area contributed by atoms with Crippen molar-refractivity contribution >= 4 is 17.5 Å². The van der Waals surface area contributed by atoms with Crippen LogP contribution in [0, 0.1) is 0 Å². The van der Waals surface area contributed by atoms with Crippen LogP contribution in [-0.4, -0.2) is 48.8 Å². The molecule has 7 heteroatoms.